The van der Waals surface area contributed by atoms with E-state index in [1.807, 2.05) is 13.0 Å². The van der Waals surface area contributed by atoms with E-state index >= 15 is 0 Å². The zero-order valence-corrected chi connectivity index (χ0v) is 16.4. The molecule has 1 aliphatic heterocycles. The molecule has 1 fully saturated rings. The number of carbonyl (C=O) groups is 3. The predicted octanol–water partition coefficient (Wildman–Crippen LogP) is 1.86. The minimum absolute atomic E-state index is 0.0581. The fraction of sp³-hybridized carbons (Fsp3) is 0.300. The van der Waals surface area contributed by atoms with Crippen molar-refractivity contribution in [3.05, 3.63) is 47.7 Å². The van der Waals surface area contributed by atoms with E-state index in [0.29, 0.717) is 22.9 Å². The van der Waals surface area contributed by atoms with Crippen LogP contribution in [-0.4, -0.2) is 48.0 Å². The Morgan fingerprint density at radius 3 is 2.62 bits per heavy atom. The molecule has 4 amide bonds. The number of pyridine rings is 1. The molecule has 2 aromatic rings. The lowest BCUT2D eigenvalue weighted by molar-refractivity contribution is -0.130. The number of nitrogens with zero attached hydrogens (tertiary/aromatic N) is 2. The van der Waals surface area contributed by atoms with E-state index in [2.05, 4.69) is 15.6 Å². The number of urea groups is 1. The Labute approximate surface area is 168 Å². The number of amides is 4. The third kappa shape index (κ3) is 4.63. The van der Waals surface area contributed by atoms with E-state index < -0.39 is 23.9 Å². The molecule has 1 aromatic heterocycles. The molecule has 29 heavy (non-hydrogen) atoms. The molecule has 0 saturated carbocycles. The second-order valence-electron chi connectivity index (χ2n) is 6.53. The van der Waals surface area contributed by atoms with Crippen LogP contribution in [-0.2, 0) is 16.1 Å². The van der Waals surface area contributed by atoms with E-state index in [1.54, 1.807) is 30.3 Å². The number of nitrogens with one attached hydrogen (secondary N) is 2. The van der Waals surface area contributed by atoms with Gasteiger partial charge >= 0.3 is 6.03 Å². The summed E-state index contributed by atoms with van der Waals surface area (Å²) in [5.74, 6) is 0.576. The van der Waals surface area contributed by atoms with Gasteiger partial charge in [0.25, 0.3) is 5.91 Å². The van der Waals surface area contributed by atoms with Crippen LogP contribution in [0.15, 0.2) is 36.4 Å². The lowest BCUT2D eigenvalue weighted by atomic mass is 10.1. The van der Waals surface area contributed by atoms with E-state index in [4.69, 9.17) is 9.47 Å². The third-order valence-corrected chi connectivity index (χ3v) is 4.44. The Morgan fingerprint density at radius 2 is 1.93 bits per heavy atom. The van der Waals surface area contributed by atoms with Crippen LogP contribution in [0.1, 0.15) is 17.7 Å². The van der Waals surface area contributed by atoms with Gasteiger partial charge in [-0.05, 0) is 36.8 Å². The van der Waals surface area contributed by atoms with Gasteiger partial charge in [0.2, 0.25) is 5.91 Å². The number of anilines is 1. The summed E-state index contributed by atoms with van der Waals surface area (Å²) in [5, 5.41) is 5.19. The van der Waals surface area contributed by atoms with Gasteiger partial charge in [-0.25, -0.2) is 9.78 Å². The number of carbonyl (C=O) groups excluding carboxylic acids is 3. The number of aryl methyl sites for hydroxylation is 1. The SMILES string of the molecule is COc1ccc(CN2C(=O)N[C@@H](CC(=O)Nc3cccc(C)n3)C2=O)cc1OC. The standard InChI is InChI=1S/C20H22N4O5/c1-12-5-4-6-17(21-12)23-18(25)10-14-19(26)24(20(27)22-14)11-13-7-8-15(28-2)16(9-13)29-3/h4-9,14H,10-11H2,1-3H3,(H,22,27)(H,21,23,25)/t14-/m0/s1. The maximum Gasteiger partial charge on any atom is 0.325 e. The smallest absolute Gasteiger partial charge is 0.325 e. The summed E-state index contributed by atoms with van der Waals surface area (Å²) < 4.78 is 10.4. The normalized spacial score (nSPS) is 15.8. The van der Waals surface area contributed by atoms with E-state index in [-0.39, 0.29) is 13.0 Å². The Morgan fingerprint density at radius 1 is 1.17 bits per heavy atom. The molecule has 1 aromatic carbocycles. The van der Waals surface area contributed by atoms with Crippen LogP contribution in [0.25, 0.3) is 0 Å². The molecule has 2 N–H and O–H groups in total. The molecule has 9 nitrogen and oxygen atoms in total. The molecule has 2 heterocycles. The highest BCUT2D eigenvalue weighted by molar-refractivity contribution is 6.06. The number of hydrogen-bond acceptors (Lipinski definition) is 6. The molecule has 0 aliphatic carbocycles. The van der Waals surface area contributed by atoms with Gasteiger partial charge in [-0.15, -0.1) is 0 Å². The lowest BCUT2D eigenvalue weighted by Gasteiger charge is -2.15. The van der Waals surface area contributed by atoms with Gasteiger partial charge in [0, 0.05) is 5.69 Å². The first kappa shape index (κ1) is 20.1. The summed E-state index contributed by atoms with van der Waals surface area (Å²) >= 11 is 0. The molecular formula is C20H22N4O5. The van der Waals surface area contributed by atoms with Crippen molar-refractivity contribution >= 4 is 23.7 Å². The number of rotatable bonds is 7. The van der Waals surface area contributed by atoms with Gasteiger partial charge in [-0.2, -0.15) is 0 Å². The van der Waals surface area contributed by atoms with Crippen molar-refractivity contribution in [3.63, 3.8) is 0 Å². The van der Waals surface area contributed by atoms with Crippen molar-refractivity contribution in [3.8, 4) is 11.5 Å². The third-order valence-electron chi connectivity index (χ3n) is 4.44. The number of benzene rings is 1. The van der Waals surface area contributed by atoms with Crippen molar-refractivity contribution in [2.24, 2.45) is 0 Å². The lowest BCUT2D eigenvalue weighted by Crippen LogP contribution is -2.34. The number of methoxy groups -OCH3 is 2. The zero-order chi connectivity index (χ0) is 21.0. The minimum atomic E-state index is -0.924. The summed E-state index contributed by atoms with van der Waals surface area (Å²) in [4.78, 5) is 42.4. The topological polar surface area (TPSA) is 110 Å². The molecule has 152 valence electrons. The Balaban J connectivity index is 1.64. The first-order valence-electron chi connectivity index (χ1n) is 8.97. The van der Waals surface area contributed by atoms with Crippen molar-refractivity contribution in [1.82, 2.24) is 15.2 Å². The molecule has 3 rings (SSSR count). The van der Waals surface area contributed by atoms with Crippen LogP contribution < -0.4 is 20.1 Å². The quantitative estimate of drug-likeness (QED) is 0.689. The molecule has 0 spiro atoms. The Hall–Kier alpha value is -3.62. The maximum atomic E-state index is 12.6. The molecule has 1 atom stereocenters. The van der Waals surface area contributed by atoms with Crippen LogP contribution in [0.2, 0.25) is 0 Å². The van der Waals surface area contributed by atoms with E-state index in [1.165, 1.54) is 14.2 Å². The molecule has 0 unspecified atom stereocenters. The Bertz CT molecular complexity index is 946. The molecule has 0 bridgehead atoms. The fourth-order valence-corrected chi connectivity index (χ4v) is 3.02. The van der Waals surface area contributed by atoms with Gasteiger partial charge in [0.15, 0.2) is 11.5 Å². The van der Waals surface area contributed by atoms with Gasteiger partial charge in [-0.1, -0.05) is 12.1 Å². The highest BCUT2D eigenvalue weighted by Crippen LogP contribution is 2.28. The highest BCUT2D eigenvalue weighted by atomic mass is 16.5. The van der Waals surface area contributed by atoms with Crippen LogP contribution in [0.3, 0.4) is 0 Å². The van der Waals surface area contributed by atoms with Crippen molar-refractivity contribution in [2.45, 2.75) is 25.9 Å². The molecule has 9 heteroatoms. The van der Waals surface area contributed by atoms with Gasteiger partial charge < -0.3 is 20.1 Å². The molecule has 1 aliphatic rings. The van der Waals surface area contributed by atoms with Crippen LogP contribution in [0, 0.1) is 6.92 Å². The van der Waals surface area contributed by atoms with Crippen LogP contribution in [0.5, 0.6) is 11.5 Å². The second kappa shape index (κ2) is 8.59. The molecular weight excluding hydrogens is 376 g/mol. The number of hydrogen-bond donors (Lipinski definition) is 2. The summed E-state index contributed by atoms with van der Waals surface area (Å²) in [6, 6.07) is 8.90. The summed E-state index contributed by atoms with van der Waals surface area (Å²) in [6.07, 6.45) is -0.178. The Kier molecular flexibility index (Phi) is 5.96. The second-order valence-corrected chi connectivity index (χ2v) is 6.53. The van der Waals surface area contributed by atoms with Crippen LogP contribution in [0.4, 0.5) is 10.6 Å². The molecule has 0 radical (unpaired) electrons. The number of aromatic nitrogens is 1. The van der Waals surface area contributed by atoms with Gasteiger partial charge in [0.1, 0.15) is 11.9 Å². The monoisotopic (exact) mass is 398 g/mol. The van der Waals surface area contributed by atoms with Crippen molar-refractivity contribution in [2.75, 3.05) is 19.5 Å². The zero-order valence-electron chi connectivity index (χ0n) is 16.4. The predicted molar refractivity (Wildman–Crippen MR) is 105 cm³/mol. The average molecular weight is 398 g/mol. The summed E-state index contributed by atoms with van der Waals surface area (Å²) in [5.41, 5.74) is 1.45. The van der Waals surface area contributed by atoms with Crippen molar-refractivity contribution < 1.29 is 23.9 Å². The van der Waals surface area contributed by atoms with Gasteiger partial charge in [0.05, 0.1) is 27.2 Å². The van der Waals surface area contributed by atoms with E-state index in [9.17, 15) is 14.4 Å². The molecule has 1 saturated heterocycles. The minimum Gasteiger partial charge on any atom is -0.493 e. The summed E-state index contributed by atoms with van der Waals surface area (Å²) in [6.45, 7) is 1.87. The average Bonchev–Trinajstić information content (AvgIpc) is 2.95. The number of imide groups is 1. The summed E-state index contributed by atoms with van der Waals surface area (Å²) in [7, 11) is 3.03. The number of ether oxygens (including phenoxy) is 2. The van der Waals surface area contributed by atoms with E-state index in [0.717, 1.165) is 10.6 Å². The fourth-order valence-electron chi connectivity index (χ4n) is 3.02. The largest absolute Gasteiger partial charge is 0.493 e. The first-order valence-corrected chi connectivity index (χ1v) is 8.97. The highest BCUT2D eigenvalue weighted by Gasteiger charge is 2.39. The van der Waals surface area contributed by atoms with Gasteiger partial charge in [-0.3, -0.25) is 14.5 Å². The van der Waals surface area contributed by atoms with Crippen molar-refractivity contribution in [1.29, 1.82) is 0 Å². The first-order chi connectivity index (χ1) is 13.9. The maximum absolute atomic E-state index is 12.6. The van der Waals surface area contributed by atoms with Crippen LogP contribution >= 0.6 is 0 Å².